The van der Waals surface area contributed by atoms with Crippen molar-refractivity contribution in [2.75, 3.05) is 0 Å². The van der Waals surface area contributed by atoms with Crippen molar-refractivity contribution in [1.29, 1.82) is 0 Å². The molecule has 1 aliphatic carbocycles. The Morgan fingerprint density at radius 1 is 1.20 bits per heavy atom. The van der Waals surface area contributed by atoms with Gasteiger partial charge in [-0.05, 0) is 24.8 Å². The van der Waals surface area contributed by atoms with Crippen molar-refractivity contribution in [2.24, 2.45) is 0 Å². The number of benzene rings is 1. The Kier molecular flexibility index (Phi) is 1.16. The molecule has 52 valence electrons. The Morgan fingerprint density at radius 2 is 2.10 bits per heavy atom. The van der Waals surface area contributed by atoms with Crippen LogP contribution in [0, 0.1) is 0 Å². The van der Waals surface area contributed by atoms with Crippen LogP contribution in [0.2, 0.25) is 0 Å². The maximum Gasteiger partial charge on any atom is -0.0273 e. The molecule has 10 heavy (non-hydrogen) atoms. The summed E-state index contributed by atoms with van der Waals surface area (Å²) < 4.78 is 0. The van der Waals surface area contributed by atoms with Crippen molar-refractivity contribution in [3.8, 4) is 5.75 Å². The topological polar surface area (TPSA) is 23.1 Å². The number of hydrogen-bond donors (Lipinski definition) is 0. The van der Waals surface area contributed by atoms with E-state index in [4.69, 9.17) is 0 Å². The van der Waals surface area contributed by atoms with Crippen LogP contribution in [0.15, 0.2) is 18.2 Å². The van der Waals surface area contributed by atoms with Gasteiger partial charge >= 0.3 is 0 Å². The van der Waals surface area contributed by atoms with Crippen LogP contribution in [0.5, 0.6) is 5.75 Å². The highest BCUT2D eigenvalue weighted by atomic mass is 16.3. The van der Waals surface area contributed by atoms with Crippen molar-refractivity contribution < 1.29 is 5.11 Å². The molecule has 0 spiro atoms. The second kappa shape index (κ2) is 2.01. The van der Waals surface area contributed by atoms with Crippen LogP contribution in [0.3, 0.4) is 0 Å². The molecule has 0 saturated carbocycles. The van der Waals surface area contributed by atoms with Crippen LogP contribution in [0.4, 0.5) is 0 Å². The molecule has 1 aromatic rings. The minimum absolute atomic E-state index is 0.231. The highest BCUT2D eigenvalue weighted by Gasteiger charge is 2.08. The van der Waals surface area contributed by atoms with E-state index in [9.17, 15) is 5.11 Å². The molecular weight excluding hydrogens is 124 g/mol. The molecule has 0 aliphatic heterocycles. The van der Waals surface area contributed by atoms with Crippen LogP contribution in [0.1, 0.15) is 17.5 Å². The number of fused-ring (bicyclic) bond motifs is 1. The lowest BCUT2D eigenvalue weighted by Crippen LogP contribution is -1.94. The summed E-state index contributed by atoms with van der Waals surface area (Å²) in [4.78, 5) is 0. The zero-order valence-electron chi connectivity index (χ0n) is 5.76. The van der Waals surface area contributed by atoms with E-state index in [1.807, 2.05) is 6.07 Å². The molecule has 0 fully saturated rings. The molecule has 1 aliphatic rings. The summed E-state index contributed by atoms with van der Waals surface area (Å²) in [5.74, 6) is 0.231. The molecule has 0 heterocycles. The van der Waals surface area contributed by atoms with E-state index in [1.54, 1.807) is 6.07 Å². The third-order valence-corrected chi connectivity index (χ3v) is 2.10. The van der Waals surface area contributed by atoms with E-state index in [0.717, 1.165) is 24.8 Å². The summed E-state index contributed by atoms with van der Waals surface area (Å²) in [6, 6.07) is 5.57. The molecule has 1 heteroatoms. The predicted molar refractivity (Wildman–Crippen MR) is 37.9 cm³/mol. The summed E-state index contributed by atoms with van der Waals surface area (Å²) in [5, 5.41) is 11.1. The molecule has 0 N–H and O–H groups in total. The van der Waals surface area contributed by atoms with E-state index in [1.165, 1.54) is 5.56 Å². The average Bonchev–Trinajstić information content (AvgIpc) is 2.36. The number of aryl methyl sites for hydroxylation is 1. The maximum atomic E-state index is 11.1. The molecule has 2 rings (SSSR count). The molecule has 0 radical (unpaired) electrons. The van der Waals surface area contributed by atoms with E-state index in [2.05, 4.69) is 6.07 Å². The van der Waals surface area contributed by atoms with Gasteiger partial charge in [-0.25, -0.2) is 0 Å². The molecular formula is C9H9O-. The summed E-state index contributed by atoms with van der Waals surface area (Å²) in [5.41, 5.74) is 2.33. The normalized spacial score (nSPS) is 15.2. The molecule has 1 aromatic carbocycles. The van der Waals surface area contributed by atoms with E-state index in [0.29, 0.717) is 0 Å². The van der Waals surface area contributed by atoms with Crippen LogP contribution in [-0.2, 0) is 12.8 Å². The quantitative estimate of drug-likeness (QED) is 0.522. The van der Waals surface area contributed by atoms with Crippen molar-refractivity contribution in [3.63, 3.8) is 0 Å². The second-order valence-corrected chi connectivity index (χ2v) is 2.75. The standard InChI is InChI=1S/C9H10O/c10-9-6-2-4-7-3-1-5-8(7)9/h2,4,6,10H,1,3,5H2/p-1. The molecule has 1 nitrogen and oxygen atoms in total. The summed E-state index contributed by atoms with van der Waals surface area (Å²) in [6.45, 7) is 0. The second-order valence-electron chi connectivity index (χ2n) is 2.75. The highest BCUT2D eigenvalue weighted by molar-refractivity contribution is 5.41. The summed E-state index contributed by atoms with van der Waals surface area (Å²) in [7, 11) is 0. The van der Waals surface area contributed by atoms with Gasteiger partial charge in [-0.1, -0.05) is 23.8 Å². The first-order valence-electron chi connectivity index (χ1n) is 3.66. The van der Waals surface area contributed by atoms with Crippen molar-refractivity contribution in [3.05, 3.63) is 29.3 Å². The first-order valence-corrected chi connectivity index (χ1v) is 3.66. The van der Waals surface area contributed by atoms with Gasteiger partial charge in [0.2, 0.25) is 0 Å². The molecule has 0 atom stereocenters. The van der Waals surface area contributed by atoms with E-state index in [-0.39, 0.29) is 5.75 Å². The van der Waals surface area contributed by atoms with Crippen LogP contribution < -0.4 is 5.11 Å². The van der Waals surface area contributed by atoms with Gasteiger partial charge in [0, 0.05) is 0 Å². The average molecular weight is 133 g/mol. The Balaban J connectivity index is 2.59. The molecule has 0 aromatic heterocycles. The summed E-state index contributed by atoms with van der Waals surface area (Å²) in [6.07, 6.45) is 3.26. The fraction of sp³-hybridized carbons (Fsp3) is 0.333. The predicted octanol–water partition coefficient (Wildman–Crippen LogP) is 1.25. The SMILES string of the molecule is [O-]c1cccc2c1CCC2. The van der Waals surface area contributed by atoms with Crippen molar-refractivity contribution in [1.82, 2.24) is 0 Å². The van der Waals surface area contributed by atoms with Crippen molar-refractivity contribution in [2.45, 2.75) is 19.3 Å². The Hall–Kier alpha value is -0.980. The van der Waals surface area contributed by atoms with Gasteiger partial charge in [0.15, 0.2) is 0 Å². The van der Waals surface area contributed by atoms with Crippen molar-refractivity contribution >= 4 is 0 Å². The number of hydrogen-bond acceptors (Lipinski definition) is 1. The van der Waals surface area contributed by atoms with E-state index < -0.39 is 0 Å². The Bertz CT molecular complexity index is 253. The molecule has 0 saturated heterocycles. The maximum absolute atomic E-state index is 11.1. The molecule has 0 amide bonds. The Labute approximate surface area is 60.3 Å². The smallest absolute Gasteiger partial charge is 0.0273 e. The van der Waals surface area contributed by atoms with Gasteiger partial charge in [0.25, 0.3) is 0 Å². The lowest BCUT2D eigenvalue weighted by Gasteiger charge is -2.10. The Morgan fingerprint density at radius 3 is 2.90 bits per heavy atom. The minimum Gasteiger partial charge on any atom is -0.872 e. The molecule has 0 bridgehead atoms. The fourth-order valence-electron chi connectivity index (χ4n) is 1.58. The van der Waals surface area contributed by atoms with Crippen LogP contribution in [0.25, 0.3) is 0 Å². The first kappa shape index (κ1) is 5.78. The van der Waals surface area contributed by atoms with Crippen LogP contribution in [-0.4, -0.2) is 0 Å². The van der Waals surface area contributed by atoms with E-state index >= 15 is 0 Å². The zero-order chi connectivity index (χ0) is 6.97. The van der Waals surface area contributed by atoms with Gasteiger partial charge < -0.3 is 5.11 Å². The minimum atomic E-state index is 0.231. The molecule has 0 unspecified atom stereocenters. The fourth-order valence-corrected chi connectivity index (χ4v) is 1.58. The van der Waals surface area contributed by atoms with Crippen LogP contribution >= 0.6 is 0 Å². The third kappa shape index (κ3) is 0.703. The summed E-state index contributed by atoms with van der Waals surface area (Å²) >= 11 is 0. The number of rotatable bonds is 0. The van der Waals surface area contributed by atoms with Gasteiger partial charge in [0.1, 0.15) is 0 Å². The van der Waals surface area contributed by atoms with Gasteiger partial charge in [-0.3, -0.25) is 0 Å². The highest BCUT2D eigenvalue weighted by Crippen LogP contribution is 2.27. The first-order chi connectivity index (χ1) is 4.88. The van der Waals surface area contributed by atoms with Gasteiger partial charge in [-0.15, -0.1) is 5.75 Å². The zero-order valence-corrected chi connectivity index (χ0v) is 5.76. The van der Waals surface area contributed by atoms with Gasteiger partial charge in [-0.2, -0.15) is 0 Å². The van der Waals surface area contributed by atoms with Gasteiger partial charge in [0.05, 0.1) is 0 Å². The third-order valence-electron chi connectivity index (χ3n) is 2.10. The largest absolute Gasteiger partial charge is 0.872 e. The lowest BCUT2D eigenvalue weighted by molar-refractivity contribution is -0.269. The lowest BCUT2D eigenvalue weighted by atomic mass is 10.1. The monoisotopic (exact) mass is 133 g/mol.